The van der Waals surface area contributed by atoms with Crippen molar-refractivity contribution in [3.63, 3.8) is 0 Å². The maximum Gasteiger partial charge on any atom is 0.573 e. The molecule has 1 aromatic heterocycles. The SMILES string of the molecule is CCOC(=O)c1c(C(F)F)ncc(CCl)c1OC(F)(F)F. The molecule has 0 aliphatic rings. The van der Waals surface area contributed by atoms with Gasteiger partial charge in [-0.25, -0.2) is 13.6 Å². The minimum atomic E-state index is -5.19. The molecule has 0 aliphatic heterocycles. The number of aromatic nitrogens is 1. The molecule has 0 radical (unpaired) electrons. The van der Waals surface area contributed by atoms with Crippen LogP contribution in [0.2, 0.25) is 0 Å². The predicted molar refractivity (Wildman–Crippen MR) is 61.4 cm³/mol. The lowest BCUT2D eigenvalue weighted by atomic mass is 10.1. The summed E-state index contributed by atoms with van der Waals surface area (Å²) in [6.45, 7) is 1.14. The number of esters is 1. The lowest BCUT2D eigenvalue weighted by molar-refractivity contribution is -0.275. The fourth-order valence-electron chi connectivity index (χ4n) is 1.44. The van der Waals surface area contributed by atoms with Crippen molar-refractivity contribution in [3.8, 4) is 5.75 Å². The standard InChI is InChI=1S/C11H9ClF5NO3/c1-2-20-10(19)6-7(9(13)14)18-4-5(3-12)8(6)21-11(15,16)17/h4,9H,2-3H2,1H3. The van der Waals surface area contributed by atoms with Crippen LogP contribution in [0.3, 0.4) is 0 Å². The molecule has 118 valence electrons. The Morgan fingerprint density at radius 2 is 2.05 bits per heavy atom. The van der Waals surface area contributed by atoms with E-state index in [0.29, 0.717) is 6.20 Å². The number of carbonyl (C=O) groups excluding carboxylic acids is 1. The Kier molecular flexibility index (Phi) is 5.70. The number of rotatable bonds is 5. The summed E-state index contributed by atoms with van der Waals surface area (Å²) in [7, 11) is 0. The van der Waals surface area contributed by atoms with E-state index in [1.165, 1.54) is 6.92 Å². The number of hydrogen-bond donors (Lipinski definition) is 0. The molecule has 1 aromatic rings. The molecule has 0 N–H and O–H groups in total. The Bertz CT molecular complexity index is 521. The average Bonchev–Trinajstić information content (AvgIpc) is 2.36. The van der Waals surface area contributed by atoms with Crippen LogP contribution in [-0.2, 0) is 10.6 Å². The largest absolute Gasteiger partial charge is 0.573 e. The number of hydrogen-bond acceptors (Lipinski definition) is 4. The molecule has 0 unspecified atom stereocenters. The second-order valence-electron chi connectivity index (χ2n) is 3.58. The van der Waals surface area contributed by atoms with Gasteiger partial charge in [0.1, 0.15) is 11.3 Å². The van der Waals surface area contributed by atoms with Gasteiger partial charge in [-0.15, -0.1) is 24.8 Å². The molecule has 10 heteroatoms. The number of pyridine rings is 1. The van der Waals surface area contributed by atoms with Gasteiger partial charge in [-0.2, -0.15) is 0 Å². The highest BCUT2D eigenvalue weighted by Gasteiger charge is 2.37. The minimum absolute atomic E-state index is 0.224. The van der Waals surface area contributed by atoms with Gasteiger partial charge >= 0.3 is 12.3 Å². The first-order valence-corrected chi connectivity index (χ1v) is 6.03. The number of halogens is 6. The third-order valence-electron chi connectivity index (χ3n) is 2.18. The van der Waals surface area contributed by atoms with Crippen LogP contribution in [0.1, 0.15) is 35.0 Å². The van der Waals surface area contributed by atoms with E-state index in [2.05, 4.69) is 14.5 Å². The molecular weight excluding hydrogens is 325 g/mol. The maximum atomic E-state index is 12.8. The van der Waals surface area contributed by atoms with Gasteiger partial charge in [0.05, 0.1) is 12.5 Å². The van der Waals surface area contributed by atoms with Gasteiger partial charge < -0.3 is 9.47 Å². The van der Waals surface area contributed by atoms with E-state index in [1.807, 2.05) is 0 Å². The Labute approximate surface area is 120 Å². The van der Waals surface area contributed by atoms with Gasteiger partial charge in [-0.05, 0) is 6.92 Å². The van der Waals surface area contributed by atoms with E-state index < -0.39 is 41.6 Å². The van der Waals surface area contributed by atoms with E-state index in [0.717, 1.165) is 0 Å². The zero-order valence-corrected chi connectivity index (χ0v) is 11.3. The van der Waals surface area contributed by atoms with Crippen LogP contribution in [0, 0.1) is 0 Å². The third-order valence-corrected chi connectivity index (χ3v) is 2.47. The summed E-state index contributed by atoms with van der Waals surface area (Å²) < 4.78 is 71.0. The second kappa shape index (κ2) is 6.88. The molecule has 0 saturated heterocycles. The molecule has 0 bridgehead atoms. The summed E-state index contributed by atoms with van der Waals surface area (Å²) >= 11 is 5.42. The topological polar surface area (TPSA) is 48.4 Å². The minimum Gasteiger partial charge on any atom is -0.462 e. The molecule has 4 nitrogen and oxygen atoms in total. The maximum absolute atomic E-state index is 12.8. The first kappa shape index (κ1) is 17.4. The van der Waals surface area contributed by atoms with Crippen LogP contribution in [0.15, 0.2) is 6.20 Å². The van der Waals surface area contributed by atoms with Crippen molar-refractivity contribution in [2.75, 3.05) is 6.61 Å². The molecule has 0 atom stereocenters. The molecule has 0 spiro atoms. The molecule has 1 rings (SSSR count). The Morgan fingerprint density at radius 1 is 1.43 bits per heavy atom. The smallest absolute Gasteiger partial charge is 0.462 e. The molecular formula is C11H9ClF5NO3. The van der Waals surface area contributed by atoms with Crippen LogP contribution in [-0.4, -0.2) is 23.9 Å². The monoisotopic (exact) mass is 333 g/mol. The summed E-state index contributed by atoms with van der Waals surface area (Å²) in [6.07, 6.45) is -7.79. The van der Waals surface area contributed by atoms with E-state index in [-0.39, 0.29) is 12.2 Å². The highest BCUT2D eigenvalue weighted by molar-refractivity contribution is 6.17. The first-order chi connectivity index (χ1) is 9.71. The van der Waals surface area contributed by atoms with Gasteiger partial charge in [-0.1, -0.05) is 0 Å². The van der Waals surface area contributed by atoms with Crippen molar-refractivity contribution in [2.24, 2.45) is 0 Å². The van der Waals surface area contributed by atoms with E-state index in [4.69, 9.17) is 11.6 Å². The van der Waals surface area contributed by atoms with Gasteiger partial charge in [-0.3, -0.25) is 4.98 Å². The summed E-state index contributed by atoms with van der Waals surface area (Å²) in [4.78, 5) is 14.9. The number of nitrogens with zero attached hydrogens (tertiary/aromatic N) is 1. The summed E-state index contributed by atoms with van der Waals surface area (Å²) in [5, 5.41) is 0. The van der Waals surface area contributed by atoms with Crippen LogP contribution in [0.5, 0.6) is 5.75 Å². The van der Waals surface area contributed by atoms with Crippen LogP contribution in [0.25, 0.3) is 0 Å². The summed E-state index contributed by atoms with van der Waals surface area (Å²) in [5.41, 5.74) is -2.61. The predicted octanol–water partition coefficient (Wildman–Crippen LogP) is 3.83. The highest BCUT2D eigenvalue weighted by Crippen LogP contribution is 2.36. The fraction of sp³-hybridized carbons (Fsp3) is 0.455. The van der Waals surface area contributed by atoms with Crippen LogP contribution >= 0.6 is 11.6 Å². The van der Waals surface area contributed by atoms with Gasteiger partial charge in [0.15, 0.2) is 5.75 Å². The van der Waals surface area contributed by atoms with Crippen molar-refractivity contribution in [1.82, 2.24) is 4.98 Å². The summed E-state index contributed by atoms with van der Waals surface area (Å²) in [6, 6.07) is 0. The number of alkyl halides is 6. The van der Waals surface area contributed by atoms with Crippen LogP contribution in [0.4, 0.5) is 22.0 Å². The van der Waals surface area contributed by atoms with Gasteiger partial charge in [0, 0.05) is 11.8 Å². The average molecular weight is 334 g/mol. The quantitative estimate of drug-likeness (QED) is 0.467. The van der Waals surface area contributed by atoms with Gasteiger partial charge in [0.25, 0.3) is 6.43 Å². The highest BCUT2D eigenvalue weighted by atomic mass is 35.5. The lowest BCUT2D eigenvalue weighted by Crippen LogP contribution is -2.22. The lowest BCUT2D eigenvalue weighted by Gasteiger charge is -2.17. The zero-order chi connectivity index (χ0) is 16.2. The number of ether oxygens (including phenoxy) is 2. The van der Waals surface area contributed by atoms with Crippen molar-refractivity contribution in [3.05, 3.63) is 23.0 Å². The molecule has 0 amide bonds. The zero-order valence-electron chi connectivity index (χ0n) is 10.5. The molecule has 0 aliphatic carbocycles. The van der Waals surface area contributed by atoms with E-state index in [1.54, 1.807) is 0 Å². The van der Waals surface area contributed by atoms with E-state index in [9.17, 15) is 26.7 Å². The third kappa shape index (κ3) is 4.42. The molecule has 1 heterocycles. The second-order valence-corrected chi connectivity index (χ2v) is 3.84. The fourth-order valence-corrected chi connectivity index (χ4v) is 1.63. The normalized spacial score (nSPS) is 11.6. The Morgan fingerprint density at radius 3 is 2.48 bits per heavy atom. The molecule has 21 heavy (non-hydrogen) atoms. The van der Waals surface area contributed by atoms with Crippen molar-refractivity contribution >= 4 is 17.6 Å². The first-order valence-electron chi connectivity index (χ1n) is 5.50. The Hall–Kier alpha value is -1.64. The van der Waals surface area contributed by atoms with Gasteiger partial charge in [0.2, 0.25) is 0 Å². The Balaban J connectivity index is 3.52. The molecule has 0 saturated carbocycles. The van der Waals surface area contributed by atoms with Crippen LogP contribution < -0.4 is 4.74 Å². The summed E-state index contributed by atoms with van der Waals surface area (Å²) in [5.74, 6) is -3.04. The van der Waals surface area contributed by atoms with E-state index >= 15 is 0 Å². The van der Waals surface area contributed by atoms with Crippen molar-refractivity contribution in [1.29, 1.82) is 0 Å². The van der Waals surface area contributed by atoms with Crippen molar-refractivity contribution < 1.29 is 36.2 Å². The molecule has 0 aromatic carbocycles. The molecule has 0 fully saturated rings. The number of carbonyl (C=O) groups is 1. The van der Waals surface area contributed by atoms with Crippen molar-refractivity contribution in [2.45, 2.75) is 25.6 Å².